The van der Waals surface area contributed by atoms with Crippen LogP contribution in [0.1, 0.15) is 17.8 Å². The summed E-state index contributed by atoms with van der Waals surface area (Å²) in [7, 11) is 1.70. The van der Waals surface area contributed by atoms with Gasteiger partial charge in [-0.2, -0.15) is 15.5 Å². The number of fused-ring (bicyclic) bond motifs is 2. The maximum atomic E-state index is 14.7. The lowest BCUT2D eigenvalue weighted by Gasteiger charge is -2.25. The molecule has 15 heteroatoms. The quantitative estimate of drug-likeness (QED) is 0.219. The molecular weight excluding hydrogens is 566 g/mol. The molecule has 1 aliphatic rings. The van der Waals surface area contributed by atoms with Crippen molar-refractivity contribution >= 4 is 25.2 Å². The number of pyridine rings is 1. The number of alkyl halides is 2. The molecule has 1 amide bonds. The molecule has 4 aromatic heterocycles. The first-order valence-electron chi connectivity index (χ1n) is 13.4. The summed E-state index contributed by atoms with van der Waals surface area (Å²) in [5, 5.41) is 21.4. The SMILES string of the molecule is CNC(=O)OC1COc2c(-c3c(-c4cn(C)nc4C#N)c4cccnc4n3COCC[Si](C)(C)C)c(C(F)F)nn2C1. The molecule has 222 valence electrons. The number of hydrogen-bond donors (Lipinski definition) is 1. The van der Waals surface area contributed by atoms with Crippen LogP contribution in [0.4, 0.5) is 13.6 Å². The van der Waals surface area contributed by atoms with Crippen molar-refractivity contribution in [2.24, 2.45) is 7.05 Å². The maximum absolute atomic E-state index is 14.7. The number of carbonyl (C=O) groups excluding carboxylic acids is 1. The van der Waals surface area contributed by atoms with Gasteiger partial charge in [-0.05, 0) is 18.2 Å². The van der Waals surface area contributed by atoms with E-state index in [0.29, 0.717) is 34.5 Å². The lowest BCUT2D eigenvalue weighted by molar-refractivity contribution is 0.0313. The van der Waals surface area contributed by atoms with Crippen LogP contribution >= 0.6 is 0 Å². The predicted molar refractivity (Wildman–Crippen MR) is 152 cm³/mol. The van der Waals surface area contributed by atoms with E-state index in [4.69, 9.17) is 14.2 Å². The molecule has 0 aromatic carbocycles. The maximum Gasteiger partial charge on any atom is 0.407 e. The van der Waals surface area contributed by atoms with Gasteiger partial charge in [0, 0.05) is 57.7 Å². The monoisotopic (exact) mass is 598 g/mol. The Bertz CT molecular complexity index is 1670. The molecule has 1 N–H and O–H groups in total. The Morgan fingerprint density at radius 1 is 1.31 bits per heavy atom. The van der Waals surface area contributed by atoms with E-state index in [1.807, 2.05) is 6.07 Å². The Labute approximate surface area is 241 Å². The van der Waals surface area contributed by atoms with Crippen LogP contribution in [0, 0.1) is 11.3 Å². The van der Waals surface area contributed by atoms with Crippen molar-refractivity contribution in [2.75, 3.05) is 20.3 Å². The van der Waals surface area contributed by atoms with E-state index >= 15 is 0 Å². The number of halogens is 2. The fraction of sp³-hybridized carbons (Fsp3) is 0.444. The number of aryl methyl sites for hydroxylation is 1. The van der Waals surface area contributed by atoms with E-state index in [0.717, 1.165) is 6.04 Å². The summed E-state index contributed by atoms with van der Waals surface area (Å²) in [6, 6.07) is 6.59. The largest absolute Gasteiger partial charge is 0.473 e. The molecule has 1 unspecified atom stereocenters. The van der Waals surface area contributed by atoms with Crippen LogP contribution in [-0.2, 0) is 29.8 Å². The molecule has 1 aliphatic heterocycles. The van der Waals surface area contributed by atoms with Gasteiger partial charge in [-0.1, -0.05) is 19.6 Å². The third-order valence-corrected chi connectivity index (χ3v) is 8.58. The summed E-state index contributed by atoms with van der Waals surface area (Å²) in [5.41, 5.74) is 1.41. The van der Waals surface area contributed by atoms with Crippen LogP contribution in [0.3, 0.4) is 0 Å². The third kappa shape index (κ3) is 5.59. The summed E-state index contributed by atoms with van der Waals surface area (Å²) in [6.45, 7) is 7.17. The number of amides is 1. The van der Waals surface area contributed by atoms with Gasteiger partial charge in [0.2, 0.25) is 5.88 Å². The summed E-state index contributed by atoms with van der Waals surface area (Å²) >= 11 is 0. The molecule has 0 radical (unpaired) electrons. The summed E-state index contributed by atoms with van der Waals surface area (Å²) in [4.78, 5) is 16.4. The van der Waals surface area contributed by atoms with Crippen molar-refractivity contribution < 1.29 is 27.8 Å². The zero-order valence-electron chi connectivity index (χ0n) is 24.0. The first-order valence-corrected chi connectivity index (χ1v) is 17.1. The molecule has 0 saturated heterocycles. The molecule has 4 aromatic rings. The molecule has 5 rings (SSSR count). The summed E-state index contributed by atoms with van der Waals surface area (Å²) in [5.74, 6) is 0.0943. The molecule has 42 heavy (non-hydrogen) atoms. The van der Waals surface area contributed by atoms with Crippen molar-refractivity contribution in [3.63, 3.8) is 0 Å². The molecule has 0 saturated carbocycles. The van der Waals surface area contributed by atoms with E-state index in [9.17, 15) is 18.8 Å². The number of carbonyl (C=O) groups is 1. The highest BCUT2D eigenvalue weighted by Gasteiger charge is 2.37. The second kappa shape index (κ2) is 11.5. The normalized spacial score (nSPS) is 15.0. The van der Waals surface area contributed by atoms with Gasteiger partial charge in [0.05, 0.1) is 17.8 Å². The molecule has 0 spiro atoms. The number of nitrogens with zero attached hydrogens (tertiary/aromatic N) is 7. The van der Waals surface area contributed by atoms with Crippen LogP contribution < -0.4 is 10.1 Å². The van der Waals surface area contributed by atoms with Gasteiger partial charge in [-0.15, -0.1) is 0 Å². The van der Waals surface area contributed by atoms with Crippen LogP contribution in [0.2, 0.25) is 25.7 Å². The molecule has 0 bridgehead atoms. The Morgan fingerprint density at radius 2 is 2.10 bits per heavy atom. The standard InChI is InChI=1S/C27H32F2N8O4Si/c1-31-27(38)41-16-12-37-26(40-14-16)21(22(34-37)24(28)29)23-20(18-13-35(2)33-19(18)11-30)17-7-6-8-32-25(17)36(23)15-39-9-10-42(3,4)5/h6-8,13,16,24H,9-10,12,14-15H2,1-5H3,(H,31,38). The molecule has 5 heterocycles. The van der Waals surface area contributed by atoms with Crippen LogP contribution in [0.15, 0.2) is 24.5 Å². The number of nitriles is 1. The highest BCUT2D eigenvalue weighted by Crippen LogP contribution is 2.48. The van der Waals surface area contributed by atoms with Crippen molar-refractivity contribution in [1.82, 2.24) is 34.4 Å². The Kier molecular flexibility index (Phi) is 8.02. The van der Waals surface area contributed by atoms with E-state index in [1.165, 1.54) is 16.4 Å². The molecule has 12 nitrogen and oxygen atoms in total. The van der Waals surface area contributed by atoms with E-state index in [1.54, 1.807) is 30.1 Å². The van der Waals surface area contributed by atoms with Crippen molar-refractivity contribution in [3.05, 3.63) is 35.9 Å². The lowest BCUT2D eigenvalue weighted by Crippen LogP contribution is -2.37. The van der Waals surface area contributed by atoms with Crippen molar-refractivity contribution in [1.29, 1.82) is 5.26 Å². The van der Waals surface area contributed by atoms with E-state index < -0.39 is 32.4 Å². The summed E-state index contributed by atoms with van der Waals surface area (Å²) < 4.78 is 51.4. The summed E-state index contributed by atoms with van der Waals surface area (Å²) in [6.07, 6.45) is -1.09. The minimum atomic E-state index is -2.97. The fourth-order valence-electron chi connectivity index (χ4n) is 4.93. The Balaban J connectivity index is 1.74. The Morgan fingerprint density at radius 3 is 2.79 bits per heavy atom. The smallest absolute Gasteiger partial charge is 0.407 e. The lowest BCUT2D eigenvalue weighted by atomic mass is 9.99. The van der Waals surface area contributed by atoms with Gasteiger partial charge in [0.1, 0.15) is 30.7 Å². The van der Waals surface area contributed by atoms with Crippen LogP contribution in [-0.4, -0.2) is 69.6 Å². The minimum absolute atomic E-state index is 0.0132. The van der Waals surface area contributed by atoms with Gasteiger partial charge < -0.3 is 24.1 Å². The molecule has 1 atom stereocenters. The molecule has 0 aliphatic carbocycles. The van der Waals surface area contributed by atoms with Gasteiger partial charge in [0.15, 0.2) is 11.8 Å². The minimum Gasteiger partial charge on any atom is -0.473 e. The number of aromatic nitrogens is 6. The highest BCUT2D eigenvalue weighted by molar-refractivity contribution is 6.76. The van der Waals surface area contributed by atoms with Gasteiger partial charge in [-0.25, -0.2) is 23.2 Å². The first kappa shape index (κ1) is 29.2. The number of ether oxygens (including phenoxy) is 3. The molecular formula is C27H32F2N8O4Si. The van der Waals surface area contributed by atoms with Gasteiger partial charge in [0.25, 0.3) is 6.43 Å². The predicted octanol–water partition coefficient (Wildman–Crippen LogP) is 4.54. The van der Waals surface area contributed by atoms with Gasteiger partial charge >= 0.3 is 6.09 Å². The first-order chi connectivity index (χ1) is 20.0. The number of rotatable bonds is 9. The topological polar surface area (TPSA) is 134 Å². The molecule has 0 fully saturated rings. The highest BCUT2D eigenvalue weighted by atomic mass is 28.3. The second-order valence-corrected chi connectivity index (χ2v) is 16.8. The second-order valence-electron chi connectivity index (χ2n) is 11.2. The third-order valence-electron chi connectivity index (χ3n) is 6.88. The van der Waals surface area contributed by atoms with E-state index in [2.05, 4.69) is 46.2 Å². The van der Waals surface area contributed by atoms with Crippen LogP contribution in [0.5, 0.6) is 5.88 Å². The zero-order valence-corrected chi connectivity index (χ0v) is 25.0. The average molecular weight is 599 g/mol. The Hall–Kier alpha value is -4.29. The van der Waals surface area contributed by atoms with Gasteiger partial charge in [-0.3, -0.25) is 4.68 Å². The van der Waals surface area contributed by atoms with Crippen LogP contribution in [0.25, 0.3) is 33.4 Å². The zero-order chi connectivity index (χ0) is 30.2. The number of alkyl carbamates (subject to hydrolysis) is 1. The van der Waals surface area contributed by atoms with Crippen molar-refractivity contribution in [3.8, 4) is 34.3 Å². The number of hydrogen-bond acceptors (Lipinski definition) is 8. The average Bonchev–Trinajstić information content (AvgIpc) is 3.60. The fourth-order valence-corrected chi connectivity index (χ4v) is 5.69. The van der Waals surface area contributed by atoms with E-state index in [-0.39, 0.29) is 37.0 Å². The number of nitrogens with one attached hydrogen (secondary N) is 1. The van der Waals surface area contributed by atoms with Crippen molar-refractivity contribution in [2.45, 2.75) is 51.5 Å².